The van der Waals surface area contributed by atoms with Crippen LogP contribution in [0.1, 0.15) is 171 Å². The highest BCUT2D eigenvalue weighted by atomic mass is 32.2. The first-order valence-corrected chi connectivity index (χ1v) is 36.5. The van der Waals surface area contributed by atoms with Crippen molar-refractivity contribution in [3.63, 3.8) is 0 Å². The third kappa shape index (κ3) is 26.3. The number of hydrogen-bond donors (Lipinski definition) is 7. The fraction of sp³-hybridized carbons (Fsp3) is 0.685. The lowest BCUT2D eigenvalue weighted by Crippen LogP contribution is -2.60. The Morgan fingerprint density at radius 2 is 1.37 bits per heavy atom. The van der Waals surface area contributed by atoms with Crippen molar-refractivity contribution in [3.8, 4) is 0 Å². The van der Waals surface area contributed by atoms with E-state index in [1.54, 1.807) is 75.9 Å². The second-order valence-corrected chi connectivity index (χ2v) is 29.5. The molecule has 0 radical (unpaired) electrons. The Morgan fingerprint density at radius 3 is 1.97 bits per heavy atom. The van der Waals surface area contributed by atoms with Crippen LogP contribution < -0.4 is 37.6 Å². The molecule has 2 aliphatic rings. The number of ether oxygens (including phenoxy) is 3. The minimum atomic E-state index is -1.11. The van der Waals surface area contributed by atoms with Crippen molar-refractivity contribution in [2.24, 2.45) is 41.2 Å². The molecule has 2 saturated heterocycles. The molecule has 2 heterocycles. The molecule has 3 unspecified atom stereocenters. The van der Waals surface area contributed by atoms with Crippen molar-refractivity contribution < 1.29 is 67.0 Å². The van der Waals surface area contributed by atoms with E-state index < -0.39 is 95.9 Å². The Labute approximate surface area is 592 Å². The maximum absolute atomic E-state index is 14.8. The van der Waals surface area contributed by atoms with E-state index in [0.717, 1.165) is 24.2 Å². The molecule has 99 heavy (non-hydrogen) atoms. The van der Waals surface area contributed by atoms with Crippen molar-refractivity contribution in [2.45, 2.75) is 233 Å². The summed E-state index contributed by atoms with van der Waals surface area (Å²) in [7, 11) is 6.18. The van der Waals surface area contributed by atoms with Crippen molar-refractivity contribution in [1.29, 1.82) is 0 Å². The van der Waals surface area contributed by atoms with Crippen molar-refractivity contribution >= 4 is 82.7 Å². The lowest BCUT2D eigenvalue weighted by Gasteiger charge is -2.41. The number of nitrogens with zero attached hydrogens (tertiary/aromatic N) is 4. The van der Waals surface area contributed by atoms with Gasteiger partial charge in [0.2, 0.25) is 53.2 Å². The van der Waals surface area contributed by atoms with E-state index in [4.69, 9.17) is 19.9 Å². The lowest BCUT2D eigenvalue weighted by molar-refractivity contribution is -0.148. The van der Waals surface area contributed by atoms with Gasteiger partial charge in [-0.15, -0.1) is 11.8 Å². The average molecular weight is 1400 g/mol. The lowest BCUT2D eigenvalue weighted by atomic mass is 9.89. The van der Waals surface area contributed by atoms with Gasteiger partial charge >= 0.3 is 12.1 Å². The van der Waals surface area contributed by atoms with Crippen molar-refractivity contribution in [1.82, 2.24) is 46.2 Å². The van der Waals surface area contributed by atoms with E-state index in [0.29, 0.717) is 62.2 Å². The number of methoxy groups -OCH3 is 2. The molecular weight excluding hydrogens is 1290 g/mol. The summed E-state index contributed by atoms with van der Waals surface area (Å²) < 4.78 is 17.8. The number of benzene rings is 2. The van der Waals surface area contributed by atoms with Gasteiger partial charge in [-0.25, -0.2) is 9.59 Å². The molecule has 0 aliphatic carbocycles. The molecule has 2 aromatic carbocycles. The van der Waals surface area contributed by atoms with Gasteiger partial charge in [0.1, 0.15) is 30.8 Å². The molecule has 8 N–H and O–H groups in total. The zero-order valence-electron chi connectivity index (χ0n) is 61.7. The van der Waals surface area contributed by atoms with Gasteiger partial charge in [-0.2, -0.15) is 0 Å². The summed E-state index contributed by atoms with van der Waals surface area (Å²) in [5.74, 6) is -3.83. The number of likely N-dealkylation sites (tertiary alicyclic amines) is 2. The zero-order valence-corrected chi connectivity index (χ0v) is 62.5. The monoisotopic (exact) mass is 1400 g/mol. The molecule has 554 valence electrons. The molecule has 2 aromatic rings. The number of rotatable bonds is 42. The van der Waals surface area contributed by atoms with E-state index in [1.807, 2.05) is 71.9 Å². The Morgan fingerprint density at radius 1 is 0.707 bits per heavy atom. The predicted octanol–water partition coefficient (Wildman–Crippen LogP) is 7.57. The number of anilines is 1. The number of nitrogens with one attached hydrogen (secondary N) is 6. The minimum absolute atomic E-state index is 0.0567. The molecule has 4 rings (SSSR count). The molecular formula is C73H117N11O14S. The fourth-order valence-corrected chi connectivity index (χ4v) is 14.3. The SMILES string of the molecule is CC[C@H](C)[C@@H]([C@@H](CC(=O)N1CCC[C@H]1[C@H](OC)[C@@H](C)C(=O)N[C@H](C)Cc1ccccc1)OC)N(C)C(=O)[C@@H](NC(=O)C(C(C)C)N(C)C(=O)OCc1ccc(NC(=O)[C@H](CCCNC(N)=O)NC(=O)C(NC(=O)CCCCCN2C(=O)CC(SCCC(C)C)C2=O)C(C)C)cc1)C(C)C. The van der Waals surface area contributed by atoms with Gasteiger partial charge in [0.15, 0.2) is 0 Å². The quantitative estimate of drug-likeness (QED) is 0.0249. The standard InChI is InChI=1S/C73H117N11O14S/c1-17-48(10)64(56(96-15)41-59(86)83-38-25-29-55(83)65(97-16)50(12)66(88)76-49(11)40-51-26-20-18-21-27-51)81(13)71(93)62(46(6)7)80-69(91)63(47(8)9)82(14)73(95)98-43-52-31-33-53(34-32-52)77-67(89)54(28-24-36-75-72(74)94)78-68(90)61(45(4)5)79-58(85)30-22-19-23-37-84-60(87)42-57(70(84)92)99-39-35-44(2)3/h18,20-21,26-27,31-34,44-50,54-57,61-65H,17,19,22-25,28-30,35-43H2,1-16H3,(H,76,88)(H,77,89)(H,78,90)(H,79,85)(H,80,91)(H3,74,75,94)/t48-,49+,50+,54-,55-,56+,57?,61?,62-,63?,64-,65+/m0/s1. The predicted molar refractivity (Wildman–Crippen MR) is 383 cm³/mol. The fourth-order valence-electron chi connectivity index (χ4n) is 12.9. The van der Waals surface area contributed by atoms with Crippen molar-refractivity contribution in [3.05, 3.63) is 65.7 Å². The number of nitrogens with two attached hydrogens (primary N) is 1. The molecule has 0 spiro atoms. The first-order chi connectivity index (χ1) is 46.8. The Kier molecular flexibility index (Phi) is 35.7. The summed E-state index contributed by atoms with van der Waals surface area (Å²) in [6, 6.07) is 10.3. The van der Waals surface area contributed by atoms with Gasteiger partial charge < -0.3 is 61.6 Å². The number of carbonyl (C=O) groups is 11. The average Bonchev–Trinajstić information content (AvgIpc) is 1.82. The van der Waals surface area contributed by atoms with Gasteiger partial charge in [0.25, 0.3) is 0 Å². The highest BCUT2D eigenvalue weighted by molar-refractivity contribution is 8.00. The van der Waals surface area contributed by atoms with E-state index in [9.17, 15) is 52.7 Å². The first kappa shape index (κ1) is 84.1. The number of unbranched alkanes of at least 4 members (excludes halogenated alkanes) is 2. The smallest absolute Gasteiger partial charge is 0.410 e. The van der Waals surface area contributed by atoms with Gasteiger partial charge in [0, 0.05) is 72.5 Å². The molecule has 0 saturated carbocycles. The number of imide groups is 1. The molecule has 0 aromatic heterocycles. The van der Waals surface area contributed by atoms with Gasteiger partial charge in [-0.05, 0) is 117 Å². The third-order valence-electron chi connectivity index (χ3n) is 18.8. The molecule has 26 heteroatoms. The zero-order chi connectivity index (χ0) is 73.8. The topological polar surface area (TPSA) is 327 Å². The maximum atomic E-state index is 14.8. The van der Waals surface area contributed by atoms with Crippen LogP contribution in [0.3, 0.4) is 0 Å². The molecule has 2 fully saturated rings. The first-order valence-electron chi connectivity index (χ1n) is 35.5. The van der Waals surface area contributed by atoms with E-state index in [2.05, 4.69) is 45.7 Å². The molecule has 12 atom stereocenters. The summed E-state index contributed by atoms with van der Waals surface area (Å²) >= 11 is 1.53. The van der Waals surface area contributed by atoms with Crippen molar-refractivity contribution in [2.75, 3.05) is 59.0 Å². The number of primary amides is 1. The molecule has 2 aliphatic heterocycles. The van der Waals surface area contributed by atoms with Crippen LogP contribution in [0.15, 0.2) is 54.6 Å². The van der Waals surface area contributed by atoms with Crippen LogP contribution in [0.2, 0.25) is 0 Å². The highest BCUT2D eigenvalue weighted by Gasteiger charge is 2.44. The maximum Gasteiger partial charge on any atom is 0.410 e. The Bertz CT molecular complexity index is 2960. The van der Waals surface area contributed by atoms with Crippen LogP contribution in [-0.4, -0.2) is 198 Å². The van der Waals surface area contributed by atoms with Crippen LogP contribution >= 0.6 is 11.8 Å². The Balaban J connectivity index is 1.35. The van der Waals surface area contributed by atoms with Gasteiger partial charge in [0.05, 0.1) is 41.9 Å². The van der Waals surface area contributed by atoms with Gasteiger partial charge in [-0.3, -0.25) is 53.0 Å². The summed E-state index contributed by atoms with van der Waals surface area (Å²) in [6.45, 7) is 23.4. The Hall–Kier alpha value is -7.32. The largest absolute Gasteiger partial charge is 0.445 e. The second kappa shape index (κ2) is 42.1. The molecule has 12 amide bonds. The van der Waals surface area contributed by atoms with Crippen LogP contribution in [0, 0.1) is 35.5 Å². The van der Waals surface area contributed by atoms with Crippen LogP contribution in [0.5, 0.6) is 0 Å². The van der Waals surface area contributed by atoms with E-state index >= 15 is 0 Å². The normalized spacial score (nSPS) is 17.8. The number of amides is 12. The number of thioether (sulfide) groups is 1. The van der Waals surface area contributed by atoms with Crippen LogP contribution in [0.25, 0.3) is 0 Å². The van der Waals surface area contributed by atoms with Crippen LogP contribution in [0.4, 0.5) is 15.3 Å². The summed E-state index contributed by atoms with van der Waals surface area (Å²) in [4.78, 5) is 155. The number of urea groups is 1. The third-order valence-corrected chi connectivity index (χ3v) is 20.1. The minimum Gasteiger partial charge on any atom is -0.445 e. The summed E-state index contributed by atoms with van der Waals surface area (Å²) in [5, 5.41) is 16.6. The highest BCUT2D eigenvalue weighted by Crippen LogP contribution is 2.31. The number of hydrogen-bond acceptors (Lipinski definition) is 15. The van der Waals surface area contributed by atoms with E-state index in [1.165, 1.54) is 35.7 Å². The second-order valence-electron chi connectivity index (χ2n) is 28.2. The summed E-state index contributed by atoms with van der Waals surface area (Å²) in [5.41, 5.74) is 7.26. The van der Waals surface area contributed by atoms with E-state index in [-0.39, 0.29) is 111 Å². The molecule has 0 bridgehead atoms. The molecule has 25 nitrogen and oxygen atoms in total. The number of carbonyl (C=O) groups excluding carboxylic acids is 11. The summed E-state index contributed by atoms with van der Waals surface area (Å²) in [6.07, 6.45) is 3.66. The van der Waals surface area contributed by atoms with Crippen LogP contribution in [-0.2, 0) is 70.4 Å². The van der Waals surface area contributed by atoms with Gasteiger partial charge in [-0.1, -0.05) is 131 Å². The number of likely N-dealkylation sites (N-methyl/N-ethyl adjacent to an activating group) is 2.